The highest BCUT2D eigenvalue weighted by Crippen LogP contribution is 2.18. The zero-order valence-electron chi connectivity index (χ0n) is 6.00. The van der Waals surface area contributed by atoms with Gasteiger partial charge in [-0.1, -0.05) is 0 Å². The molecule has 0 spiro atoms. The van der Waals surface area contributed by atoms with Crippen LogP contribution in [0.5, 0.6) is 0 Å². The molecule has 4 nitrogen and oxygen atoms in total. The Morgan fingerprint density at radius 1 is 1.18 bits per heavy atom. The summed E-state index contributed by atoms with van der Waals surface area (Å²) < 4.78 is 4.51. The molecular formula is C7H9NO3. The van der Waals surface area contributed by atoms with Crippen LogP contribution >= 0.6 is 0 Å². The first-order valence-corrected chi connectivity index (χ1v) is 3.79. The molecular weight excluding hydrogens is 146 g/mol. The van der Waals surface area contributed by atoms with Gasteiger partial charge in [-0.2, -0.15) is 0 Å². The van der Waals surface area contributed by atoms with E-state index in [2.05, 4.69) is 10.1 Å². The van der Waals surface area contributed by atoms with Crippen LogP contribution in [0.15, 0.2) is 0 Å². The Kier molecular flexibility index (Phi) is 1.42. The smallest absolute Gasteiger partial charge is 0.330 e. The first-order chi connectivity index (χ1) is 5.27. The predicted molar refractivity (Wildman–Crippen MR) is 35.7 cm³/mol. The van der Waals surface area contributed by atoms with E-state index in [1.165, 1.54) is 0 Å². The SMILES string of the molecule is O=C1OC(=O)C2CCCC1N2. The summed E-state index contributed by atoms with van der Waals surface area (Å²) in [5.41, 5.74) is 0. The second kappa shape index (κ2) is 2.30. The highest BCUT2D eigenvalue weighted by Gasteiger charge is 2.38. The van der Waals surface area contributed by atoms with Crippen molar-refractivity contribution in [2.75, 3.05) is 0 Å². The van der Waals surface area contributed by atoms with E-state index >= 15 is 0 Å². The standard InChI is InChI=1S/C7H9NO3/c9-6-4-2-1-3-5(8-4)7(10)11-6/h4-5,8H,1-3H2. The van der Waals surface area contributed by atoms with Crippen molar-refractivity contribution in [2.24, 2.45) is 0 Å². The number of hydrogen-bond acceptors (Lipinski definition) is 4. The van der Waals surface area contributed by atoms with E-state index < -0.39 is 11.9 Å². The minimum Gasteiger partial charge on any atom is -0.391 e. The molecule has 2 heterocycles. The van der Waals surface area contributed by atoms with Crippen LogP contribution < -0.4 is 5.32 Å². The number of ether oxygens (including phenoxy) is 1. The summed E-state index contributed by atoms with van der Waals surface area (Å²) in [6.45, 7) is 0. The topological polar surface area (TPSA) is 55.4 Å². The molecule has 1 N–H and O–H groups in total. The van der Waals surface area contributed by atoms with Crippen molar-refractivity contribution in [1.29, 1.82) is 0 Å². The Labute approximate surface area is 63.9 Å². The summed E-state index contributed by atoms with van der Waals surface area (Å²) in [6.07, 6.45) is 2.52. The molecule has 2 fully saturated rings. The number of nitrogens with one attached hydrogen (secondary N) is 1. The number of carbonyl (C=O) groups is 2. The lowest BCUT2D eigenvalue weighted by Gasteiger charge is -2.32. The first kappa shape index (κ1) is 6.79. The van der Waals surface area contributed by atoms with Gasteiger partial charge in [0.15, 0.2) is 0 Å². The molecule has 2 bridgehead atoms. The third-order valence-corrected chi connectivity index (χ3v) is 2.16. The van der Waals surface area contributed by atoms with E-state index in [9.17, 15) is 9.59 Å². The molecule has 2 aliphatic heterocycles. The Bertz CT molecular complexity index is 194. The molecule has 2 unspecified atom stereocenters. The van der Waals surface area contributed by atoms with Gasteiger partial charge < -0.3 is 4.74 Å². The molecule has 2 atom stereocenters. The number of rotatable bonds is 0. The lowest BCUT2D eigenvalue weighted by Crippen LogP contribution is -2.57. The average Bonchev–Trinajstić information content (AvgIpc) is 2.02. The van der Waals surface area contributed by atoms with E-state index in [1.54, 1.807) is 0 Å². The van der Waals surface area contributed by atoms with Crippen LogP contribution in [0.3, 0.4) is 0 Å². The Hall–Kier alpha value is -0.900. The number of carbonyl (C=O) groups excluding carboxylic acids is 2. The maximum atomic E-state index is 10.9. The summed E-state index contributed by atoms with van der Waals surface area (Å²) in [4.78, 5) is 21.8. The highest BCUT2D eigenvalue weighted by atomic mass is 16.6. The van der Waals surface area contributed by atoms with Gasteiger partial charge in [0.05, 0.1) is 0 Å². The van der Waals surface area contributed by atoms with Crippen LogP contribution in [0.4, 0.5) is 0 Å². The van der Waals surface area contributed by atoms with Crippen LogP contribution in [0.1, 0.15) is 19.3 Å². The Morgan fingerprint density at radius 3 is 2.27 bits per heavy atom. The van der Waals surface area contributed by atoms with E-state index in [1.807, 2.05) is 0 Å². The fourth-order valence-corrected chi connectivity index (χ4v) is 1.55. The van der Waals surface area contributed by atoms with Crippen molar-refractivity contribution in [3.63, 3.8) is 0 Å². The molecule has 0 aromatic heterocycles. The highest BCUT2D eigenvalue weighted by molar-refractivity contribution is 5.94. The monoisotopic (exact) mass is 155 g/mol. The number of hydrogen-bond donors (Lipinski definition) is 1. The predicted octanol–water partition coefficient (Wildman–Crippen LogP) is -0.420. The molecule has 60 valence electrons. The molecule has 2 aliphatic rings. The fourth-order valence-electron chi connectivity index (χ4n) is 1.55. The van der Waals surface area contributed by atoms with Crippen molar-refractivity contribution in [2.45, 2.75) is 31.3 Å². The Morgan fingerprint density at radius 2 is 1.73 bits per heavy atom. The number of piperidine rings is 1. The Balaban J connectivity index is 2.17. The van der Waals surface area contributed by atoms with Gasteiger partial charge in [-0.3, -0.25) is 5.32 Å². The second-order valence-electron chi connectivity index (χ2n) is 2.94. The minimum atomic E-state index is -0.411. The van der Waals surface area contributed by atoms with Gasteiger partial charge in [0, 0.05) is 0 Å². The summed E-state index contributed by atoms with van der Waals surface area (Å²) in [6, 6.07) is -0.460. The zero-order valence-corrected chi connectivity index (χ0v) is 6.00. The number of morpholine rings is 1. The van der Waals surface area contributed by atoms with Gasteiger partial charge in [0.2, 0.25) is 0 Å². The first-order valence-electron chi connectivity index (χ1n) is 3.79. The summed E-state index contributed by atoms with van der Waals surface area (Å²) in [5.74, 6) is -0.822. The lowest BCUT2D eigenvalue weighted by atomic mass is 9.97. The van der Waals surface area contributed by atoms with Crippen LogP contribution in [0.2, 0.25) is 0 Å². The van der Waals surface area contributed by atoms with Gasteiger partial charge >= 0.3 is 11.9 Å². The van der Waals surface area contributed by atoms with E-state index in [4.69, 9.17) is 0 Å². The van der Waals surface area contributed by atoms with Gasteiger partial charge in [-0.25, -0.2) is 9.59 Å². The van der Waals surface area contributed by atoms with Crippen LogP contribution in [0, 0.1) is 0 Å². The lowest BCUT2D eigenvalue weighted by molar-refractivity contribution is -0.169. The maximum absolute atomic E-state index is 10.9. The van der Waals surface area contributed by atoms with Crippen molar-refractivity contribution in [3.8, 4) is 0 Å². The van der Waals surface area contributed by atoms with Crippen LogP contribution in [-0.4, -0.2) is 24.0 Å². The quantitative estimate of drug-likeness (QED) is 0.381. The molecule has 2 rings (SSSR count). The van der Waals surface area contributed by atoms with E-state index in [-0.39, 0.29) is 12.1 Å². The van der Waals surface area contributed by atoms with Crippen molar-refractivity contribution in [3.05, 3.63) is 0 Å². The summed E-state index contributed by atoms with van der Waals surface area (Å²) >= 11 is 0. The second-order valence-corrected chi connectivity index (χ2v) is 2.94. The van der Waals surface area contributed by atoms with E-state index in [0.717, 1.165) is 19.3 Å². The van der Waals surface area contributed by atoms with Gasteiger partial charge in [-0.05, 0) is 19.3 Å². The third-order valence-electron chi connectivity index (χ3n) is 2.16. The van der Waals surface area contributed by atoms with Gasteiger partial charge in [0.1, 0.15) is 12.1 Å². The van der Waals surface area contributed by atoms with Crippen LogP contribution in [0.25, 0.3) is 0 Å². The third kappa shape index (κ3) is 1.03. The number of cyclic esters (lactones) is 2. The van der Waals surface area contributed by atoms with Crippen LogP contribution in [-0.2, 0) is 14.3 Å². The molecule has 0 saturated carbocycles. The molecule has 0 aromatic rings. The zero-order chi connectivity index (χ0) is 7.84. The molecule has 0 amide bonds. The normalized spacial score (nSPS) is 36.7. The summed E-state index contributed by atoms with van der Waals surface area (Å²) in [7, 11) is 0. The minimum absolute atomic E-state index is 0.230. The molecule has 0 aromatic carbocycles. The van der Waals surface area contributed by atoms with Crippen molar-refractivity contribution in [1.82, 2.24) is 5.32 Å². The van der Waals surface area contributed by atoms with Gasteiger partial charge in [0.25, 0.3) is 0 Å². The largest absolute Gasteiger partial charge is 0.391 e. The molecule has 0 aliphatic carbocycles. The van der Waals surface area contributed by atoms with E-state index in [0.29, 0.717) is 0 Å². The molecule has 2 saturated heterocycles. The van der Waals surface area contributed by atoms with Crippen molar-refractivity contribution >= 4 is 11.9 Å². The van der Waals surface area contributed by atoms with Gasteiger partial charge in [-0.15, -0.1) is 0 Å². The fraction of sp³-hybridized carbons (Fsp3) is 0.714. The van der Waals surface area contributed by atoms with Crippen molar-refractivity contribution < 1.29 is 14.3 Å². The number of esters is 2. The summed E-state index contributed by atoms with van der Waals surface area (Å²) in [5, 5.41) is 2.93. The molecule has 11 heavy (non-hydrogen) atoms. The average molecular weight is 155 g/mol. The maximum Gasteiger partial charge on any atom is 0.330 e. The molecule has 4 heteroatoms. The molecule has 0 radical (unpaired) electrons. The number of fused-ring (bicyclic) bond motifs is 2.